The van der Waals surface area contributed by atoms with Gasteiger partial charge in [0, 0.05) is 11.5 Å². The van der Waals surface area contributed by atoms with Crippen LogP contribution in [0.2, 0.25) is 0 Å². The lowest BCUT2D eigenvalue weighted by atomic mass is 10.1. The van der Waals surface area contributed by atoms with Crippen molar-refractivity contribution in [3.8, 4) is 16.5 Å². The van der Waals surface area contributed by atoms with Gasteiger partial charge in [0.2, 0.25) is 0 Å². The van der Waals surface area contributed by atoms with Crippen molar-refractivity contribution in [2.45, 2.75) is 38.5 Å². The molecule has 0 N–H and O–H groups in total. The van der Waals surface area contributed by atoms with Gasteiger partial charge in [-0.1, -0.05) is 47.7 Å². The number of hydrogen-bond donors (Lipinski definition) is 0. The molecule has 0 aliphatic heterocycles. The molecular weight excluding hydrogens is 396 g/mol. The second-order valence-electron chi connectivity index (χ2n) is 6.02. The Morgan fingerprint density at radius 2 is 1.80 bits per heavy atom. The van der Waals surface area contributed by atoms with Crippen LogP contribution >= 0.6 is 27.3 Å². The van der Waals surface area contributed by atoms with Crippen LogP contribution in [0.15, 0.2) is 42.6 Å². The predicted octanol–water partition coefficient (Wildman–Crippen LogP) is 6.47. The van der Waals surface area contributed by atoms with Crippen molar-refractivity contribution in [2.24, 2.45) is 0 Å². The molecule has 3 rings (SSSR count). The number of alkyl halides is 1. The van der Waals surface area contributed by atoms with E-state index in [2.05, 4.69) is 32.0 Å². The molecule has 0 aliphatic rings. The summed E-state index contributed by atoms with van der Waals surface area (Å²) in [5.74, 6) is 0.933. The minimum absolute atomic E-state index is 0.788. The fourth-order valence-electron chi connectivity index (χ4n) is 2.69. The number of fused-ring (bicyclic) bond motifs is 1. The summed E-state index contributed by atoms with van der Waals surface area (Å²) < 4.78 is 7.06. The maximum atomic E-state index is 5.91. The molecule has 0 unspecified atom stereocenters. The van der Waals surface area contributed by atoms with E-state index >= 15 is 0 Å². The highest BCUT2D eigenvalue weighted by Gasteiger charge is 2.08. The predicted molar refractivity (Wildman–Crippen MR) is 110 cm³/mol. The SMILES string of the molecule is BrCCCCCCCCOc1ccc2nc(-c3ccccn3)sc2c1. The van der Waals surface area contributed by atoms with Gasteiger partial charge in [-0.15, -0.1) is 11.3 Å². The van der Waals surface area contributed by atoms with Crippen molar-refractivity contribution in [3.05, 3.63) is 42.6 Å². The standard InChI is InChI=1S/C20H23BrN2OS/c21-12-6-3-1-2-4-8-14-24-16-10-11-17-19(15-16)25-20(23-17)18-9-5-7-13-22-18/h5,7,9-11,13,15H,1-4,6,8,12,14H2. The molecule has 0 amide bonds. The minimum atomic E-state index is 0.788. The number of benzene rings is 1. The number of ether oxygens (including phenoxy) is 1. The Morgan fingerprint density at radius 3 is 2.60 bits per heavy atom. The number of aromatic nitrogens is 2. The monoisotopic (exact) mass is 418 g/mol. The van der Waals surface area contributed by atoms with Crippen LogP contribution in [-0.2, 0) is 0 Å². The summed E-state index contributed by atoms with van der Waals surface area (Å²) in [6, 6.07) is 12.0. The Bertz CT molecular complexity index is 776. The van der Waals surface area contributed by atoms with Crippen molar-refractivity contribution in [2.75, 3.05) is 11.9 Å². The van der Waals surface area contributed by atoms with Crippen molar-refractivity contribution >= 4 is 37.5 Å². The molecule has 0 fully saturated rings. The van der Waals surface area contributed by atoms with E-state index in [4.69, 9.17) is 4.74 Å². The van der Waals surface area contributed by atoms with Crippen LogP contribution in [-0.4, -0.2) is 21.9 Å². The molecule has 132 valence electrons. The van der Waals surface area contributed by atoms with Gasteiger partial charge >= 0.3 is 0 Å². The van der Waals surface area contributed by atoms with Gasteiger partial charge in [-0.05, 0) is 43.2 Å². The third-order valence-electron chi connectivity index (χ3n) is 4.04. The van der Waals surface area contributed by atoms with Crippen LogP contribution in [0.3, 0.4) is 0 Å². The molecule has 2 aromatic heterocycles. The summed E-state index contributed by atoms with van der Waals surface area (Å²) in [7, 11) is 0. The lowest BCUT2D eigenvalue weighted by Crippen LogP contribution is -1.97. The van der Waals surface area contributed by atoms with Crippen molar-refractivity contribution in [3.63, 3.8) is 0 Å². The first kappa shape index (κ1) is 18.3. The molecule has 0 radical (unpaired) electrons. The van der Waals surface area contributed by atoms with Gasteiger partial charge in [-0.25, -0.2) is 4.98 Å². The van der Waals surface area contributed by atoms with E-state index in [9.17, 15) is 0 Å². The van der Waals surface area contributed by atoms with E-state index in [0.29, 0.717) is 0 Å². The smallest absolute Gasteiger partial charge is 0.143 e. The van der Waals surface area contributed by atoms with Gasteiger partial charge in [0.15, 0.2) is 0 Å². The first-order chi connectivity index (χ1) is 12.4. The van der Waals surface area contributed by atoms with E-state index < -0.39 is 0 Å². The fraction of sp³-hybridized carbons (Fsp3) is 0.400. The summed E-state index contributed by atoms with van der Waals surface area (Å²) in [4.78, 5) is 9.04. The first-order valence-corrected chi connectivity index (χ1v) is 10.8. The maximum Gasteiger partial charge on any atom is 0.143 e. The third-order valence-corrected chi connectivity index (χ3v) is 5.64. The Kier molecular flexibility index (Phi) is 7.24. The normalized spacial score (nSPS) is 11.1. The summed E-state index contributed by atoms with van der Waals surface area (Å²) in [6.07, 6.45) is 9.41. The van der Waals surface area contributed by atoms with E-state index in [1.54, 1.807) is 17.5 Å². The molecule has 2 heterocycles. The first-order valence-electron chi connectivity index (χ1n) is 8.87. The lowest BCUT2D eigenvalue weighted by molar-refractivity contribution is 0.305. The van der Waals surface area contributed by atoms with Gasteiger partial charge in [-0.2, -0.15) is 0 Å². The molecule has 0 saturated carbocycles. The molecule has 0 aliphatic carbocycles. The number of unbranched alkanes of at least 4 members (excludes halogenated alkanes) is 5. The number of halogens is 1. The van der Waals surface area contributed by atoms with Crippen LogP contribution in [0.4, 0.5) is 0 Å². The highest BCUT2D eigenvalue weighted by Crippen LogP contribution is 2.31. The molecule has 0 saturated heterocycles. The Labute approximate surface area is 161 Å². The van der Waals surface area contributed by atoms with Crippen LogP contribution < -0.4 is 4.74 Å². The summed E-state index contributed by atoms with van der Waals surface area (Å²) >= 11 is 5.14. The average molecular weight is 419 g/mol. The van der Waals surface area contributed by atoms with Crippen molar-refractivity contribution in [1.82, 2.24) is 9.97 Å². The van der Waals surface area contributed by atoms with Gasteiger partial charge in [0.25, 0.3) is 0 Å². The van der Waals surface area contributed by atoms with E-state index in [1.807, 2.05) is 30.3 Å². The van der Waals surface area contributed by atoms with E-state index in [0.717, 1.165) is 45.0 Å². The fourth-order valence-corrected chi connectivity index (χ4v) is 4.05. The molecule has 0 atom stereocenters. The van der Waals surface area contributed by atoms with Crippen LogP contribution in [0.5, 0.6) is 5.75 Å². The molecule has 3 aromatic rings. The minimum Gasteiger partial charge on any atom is -0.494 e. The molecular formula is C20H23BrN2OS. The highest BCUT2D eigenvalue weighted by molar-refractivity contribution is 9.09. The zero-order valence-corrected chi connectivity index (χ0v) is 16.7. The van der Waals surface area contributed by atoms with E-state index in [1.165, 1.54) is 32.1 Å². The Morgan fingerprint density at radius 1 is 0.960 bits per heavy atom. The second-order valence-corrected chi connectivity index (χ2v) is 7.85. The van der Waals surface area contributed by atoms with E-state index in [-0.39, 0.29) is 0 Å². The zero-order chi connectivity index (χ0) is 17.3. The van der Waals surface area contributed by atoms with Gasteiger partial charge in [0.05, 0.1) is 22.5 Å². The third kappa shape index (κ3) is 5.51. The summed E-state index contributed by atoms with van der Waals surface area (Å²) in [6.45, 7) is 0.788. The number of rotatable bonds is 10. The topological polar surface area (TPSA) is 35.0 Å². The van der Waals surface area contributed by atoms with Gasteiger partial charge < -0.3 is 4.74 Å². The molecule has 0 spiro atoms. The van der Waals surface area contributed by atoms with Gasteiger partial charge in [-0.3, -0.25) is 4.98 Å². The van der Waals surface area contributed by atoms with Crippen molar-refractivity contribution in [1.29, 1.82) is 0 Å². The number of nitrogens with zero attached hydrogens (tertiary/aromatic N) is 2. The summed E-state index contributed by atoms with van der Waals surface area (Å²) in [5.41, 5.74) is 1.93. The Hall–Kier alpha value is -1.46. The summed E-state index contributed by atoms with van der Waals surface area (Å²) in [5, 5.41) is 2.08. The molecule has 25 heavy (non-hydrogen) atoms. The van der Waals surface area contributed by atoms with Crippen LogP contribution in [0, 0.1) is 0 Å². The molecule has 1 aromatic carbocycles. The van der Waals surface area contributed by atoms with Crippen molar-refractivity contribution < 1.29 is 4.74 Å². The lowest BCUT2D eigenvalue weighted by Gasteiger charge is -2.06. The number of hydrogen-bond acceptors (Lipinski definition) is 4. The Balaban J connectivity index is 1.50. The van der Waals surface area contributed by atoms with Crippen LogP contribution in [0.25, 0.3) is 20.9 Å². The second kappa shape index (κ2) is 9.88. The maximum absolute atomic E-state index is 5.91. The number of thiazole rings is 1. The average Bonchev–Trinajstić information content (AvgIpc) is 3.08. The van der Waals surface area contributed by atoms with Gasteiger partial charge in [0.1, 0.15) is 10.8 Å². The van der Waals surface area contributed by atoms with Crippen LogP contribution in [0.1, 0.15) is 38.5 Å². The molecule has 0 bridgehead atoms. The highest BCUT2D eigenvalue weighted by atomic mass is 79.9. The largest absolute Gasteiger partial charge is 0.494 e. The zero-order valence-electron chi connectivity index (χ0n) is 14.3. The number of pyridine rings is 1. The molecule has 3 nitrogen and oxygen atoms in total. The quantitative estimate of drug-likeness (QED) is 0.279. The molecule has 5 heteroatoms.